The fourth-order valence-electron chi connectivity index (χ4n) is 3.23. The largest absolute Gasteiger partial charge is 0.573 e. The number of hydrogen-bond acceptors (Lipinski definition) is 8. The minimum Gasteiger partial charge on any atom is -0.452 e. The Morgan fingerprint density at radius 3 is 2.61 bits per heavy atom. The average Bonchev–Trinajstić information content (AvgIpc) is 3.16. The van der Waals surface area contributed by atoms with Crippen LogP contribution in [0, 0.1) is 5.82 Å². The van der Waals surface area contributed by atoms with Crippen LogP contribution in [0.5, 0.6) is 11.5 Å². The molecule has 196 valence electrons. The maximum atomic E-state index is 13.9. The number of hydrogen-bond donors (Lipinski definition) is 4. The van der Waals surface area contributed by atoms with E-state index in [0.29, 0.717) is 17.3 Å². The van der Waals surface area contributed by atoms with Crippen molar-refractivity contribution in [2.75, 3.05) is 20.2 Å². The molecule has 0 bridgehead atoms. The van der Waals surface area contributed by atoms with Crippen LogP contribution in [0.1, 0.15) is 12.0 Å². The van der Waals surface area contributed by atoms with Gasteiger partial charge in [-0.25, -0.2) is 4.39 Å². The van der Waals surface area contributed by atoms with E-state index < -0.39 is 24.3 Å². The highest BCUT2D eigenvalue weighted by atomic mass is 35.5. The van der Waals surface area contributed by atoms with Crippen molar-refractivity contribution in [2.45, 2.75) is 25.7 Å². The minimum absolute atomic E-state index is 0.0644. The lowest BCUT2D eigenvalue weighted by Crippen LogP contribution is -2.44. The number of halogens is 5. The van der Waals surface area contributed by atoms with Crippen LogP contribution in [0.25, 0.3) is 0 Å². The van der Waals surface area contributed by atoms with Crippen molar-refractivity contribution in [3.8, 4) is 11.5 Å². The third-order valence-electron chi connectivity index (χ3n) is 4.79. The van der Waals surface area contributed by atoms with Crippen molar-refractivity contribution in [1.29, 1.82) is 0 Å². The first-order valence-corrected chi connectivity index (χ1v) is 11.0. The normalized spacial score (nSPS) is 15.9. The van der Waals surface area contributed by atoms with Gasteiger partial charge in [-0.2, -0.15) is 5.06 Å². The third kappa shape index (κ3) is 7.29. The lowest BCUT2D eigenvalue weighted by Gasteiger charge is -2.30. The number of rotatable bonds is 11. The van der Waals surface area contributed by atoms with E-state index in [-0.39, 0.29) is 31.3 Å². The van der Waals surface area contributed by atoms with E-state index in [4.69, 9.17) is 21.4 Å². The second kappa shape index (κ2) is 12.0. The topological polar surface area (TPSA) is 102 Å². The Labute approximate surface area is 209 Å². The second-order valence-corrected chi connectivity index (χ2v) is 7.84. The zero-order valence-electron chi connectivity index (χ0n) is 19.0. The summed E-state index contributed by atoms with van der Waals surface area (Å²) < 4.78 is 61.4. The van der Waals surface area contributed by atoms with E-state index in [1.807, 2.05) is 0 Å². The number of nitrogens with one attached hydrogen (secondary N) is 2. The second-order valence-electron chi connectivity index (χ2n) is 7.40. The molecule has 4 N–H and O–H groups in total. The Hall–Kier alpha value is -3.42. The number of aliphatic hydroxyl groups is 1. The zero-order valence-corrected chi connectivity index (χ0v) is 19.7. The van der Waals surface area contributed by atoms with Crippen molar-refractivity contribution in [3.05, 3.63) is 70.5 Å². The molecule has 1 aliphatic rings. The van der Waals surface area contributed by atoms with Gasteiger partial charge >= 0.3 is 6.36 Å². The van der Waals surface area contributed by atoms with E-state index in [1.165, 1.54) is 0 Å². The van der Waals surface area contributed by atoms with Crippen molar-refractivity contribution in [2.24, 2.45) is 4.99 Å². The highest BCUT2D eigenvalue weighted by molar-refractivity contribution is 6.30. The Bertz CT molecular complexity index is 1090. The van der Waals surface area contributed by atoms with Crippen LogP contribution in [-0.4, -0.2) is 59.5 Å². The molecule has 0 saturated carbocycles. The fourth-order valence-corrected chi connectivity index (χ4v) is 3.35. The maximum absolute atomic E-state index is 13.9. The molecule has 2 aromatic rings. The number of ether oxygens (including phenoxy) is 2. The van der Waals surface area contributed by atoms with Crippen LogP contribution < -0.4 is 20.1 Å². The van der Waals surface area contributed by atoms with E-state index in [0.717, 1.165) is 35.2 Å². The summed E-state index contributed by atoms with van der Waals surface area (Å²) in [6, 6.07) is 9.55. The molecule has 14 heteroatoms. The van der Waals surface area contributed by atoms with E-state index >= 15 is 0 Å². The fraction of sp³-hybridized carbons (Fsp3) is 0.318. The van der Waals surface area contributed by atoms with Gasteiger partial charge in [0, 0.05) is 37.8 Å². The predicted molar refractivity (Wildman–Crippen MR) is 122 cm³/mol. The molecule has 0 aliphatic carbocycles. The number of aliphatic imine (C=N–C) groups is 1. The summed E-state index contributed by atoms with van der Waals surface area (Å²) in [5.41, 5.74) is 0.760. The summed E-state index contributed by atoms with van der Waals surface area (Å²) in [7, 11) is 1.58. The molecule has 1 aliphatic heterocycles. The van der Waals surface area contributed by atoms with Gasteiger partial charge in [0.05, 0.1) is 0 Å². The van der Waals surface area contributed by atoms with E-state index in [2.05, 4.69) is 20.4 Å². The zero-order chi connectivity index (χ0) is 26.3. The summed E-state index contributed by atoms with van der Waals surface area (Å²) in [5.74, 6) is -1.92. The molecule has 0 saturated heterocycles. The molecule has 1 unspecified atom stereocenters. The van der Waals surface area contributed by atoms with Gasteiger partial charge in [-0.05, 0) is 36.2 Å². The number of nitrogens with zero attached hydrogens (tertiary/aromatic N) is 3. The summed E-state index contributed by atoms with van der Waals surface area (Å²) >= 11 is 5.97. The van der Waals surface area contributed by atoms with Crippen LogP contribution in [0.4, 0.5) is 17.6 Å². The van der Waals surface area contributed by atoms with Crippen molar-refractivity contribution in [1.82, 2.24) is 20.6 Å². The van der Waals surface area contributed by atoms with Gasteiger partial charge in [-0.1, -0.05) is 23.7 Å². The Morgan fingerprint density at radius 2 is 1.97 bits per heavy atom. The third-order valence-corrected chi connectivity index (χ3v) is 5.04. The Morgan fingerprint density at radius 1 is 1.25 bits per heavy atom. The molecule has 0 spiro atoms. The van der Waals surface area contributed by atoms with E-state index in [1.54, 1.807) is 36.2 Å². The quantitative estimate of drug-likeness (QED) is 0.114. The van der Waals surface area contributed by atoms with Crippen molar-refractivity contribution >= 4 is 17.9 Å². The van der Waals surface area contributed by atoms with Gasteiger partial charge in [0.2, 0.25) is 0 Å². The summed E-state index contributed by atoms with van der Waals surface area (Å²) in [6.07, 6.45) is -4.60. The molecule has 0 radical (unpaired) electrons. The first kappa shape index (κ1) is 27.2. The molecule has 0 fully saturated rings. The monoisotopic (exact) mass is 533 g/mol. The maximum Gasteiger partial charge on any atom is 0.573 e. The van der Waals surface area contributed by atoms with Gasteiger partial charge in [-0.3, -0.25) is 15.1 Å². The summed E-state index contributed by atoms with van der Waals surface area (Å²) in [5, 5.41) is 26.7. The molecular formula is C22H24ClF4N5O4. The molecule has 36 heavy (non-hydrogen) atoms. The lowest BCUT2D eigenvalue weighted by atomic mass is 10.2. The number of benzene rings is 2. The van der Waals surface area contributed by atoms with E-state index in [9.17, 15) is 22.8 Å². The first-order chi connectivity index (χ1) is 17.1. The van der Waals surface area contributed by atoms with Crippen LogP contribution in [-0.2, 0) is 6.54 Å². The standard InChI is InChI=1S/C22H24ClF4N5O4/c1-28-19-20(32(34)13-29-9-2-10-33)31(12-14-3-5-15(23)6-4-14)21(30-19)35-16-7-8-17(24)18(11-16)36-22(25,26)27/h3-8,11,13,21,28,30,33-34H,2,9-10,12H2,1H3. The van der Waals surface area contributed by atoms with Gasteiger partial charge < -0.3 is 25.2 Å². The van der Waals surface area contributed by atoms with Crippen LogP contribution in [0.2, 0.25) is 5.02 Å². The highest BCUT2D eigenvalue weighted by Gasteiger charge is 2.36. The Kier molecular flexibility index (Phi) is 9.07. The molecule has 1 atom stereocenters. The molecule has 0 aromatic heterocycles. The molecule has 3 rings (SSSR count). The van der Waals surface area contributed by atoms with Crippen molar-refractivity contribution in [3.63, 3.8) is 0 Å². The number of alkyl halides is 3. The summed E-state index contributed by atoms with van der Waals surface area (Å²) in [4.78, 5) is 5.60. The van der Waals surface area contributed by atoms with Gasteiger partial charge in [0.1, 0.15) is 17.9 Å². The predicted octanol–water partition coefficient (Wildman–Crippen LogP) is 3.59. The number of hydroxylamine groups is 2. The highest BCUT2D eigenvalue weighted by Crippen LogP contribution is 2.31. The van der Waals surface area contributed by atoms with Gasteiger partial charge in [-0.15, -0.1) is 13.2 Å². The van der Waals surface area contributed by atoms with Crippen molar-refractivity contribution < 1.29 is 37.3 Å². The van der Waals surface area contributed by atoms with Crippen LogP contribution in [0.15, 0.2) is 59.1 Å². The summed E-state index contributed by atoms with van der Waals surface area (Å²) in [6.45, 7) is 0.354. The SMILES string of the molecule is CNC1=C(N(O)C=NCCCO)N(Cc2ccc(Cl)cc2)C(Oc2ccc(F)c(OC(F)(F)F)c2)N1. The first-order valence-electron chi connectivity index (χ1n) is 10.6. The lowest BCUT2D eigenvalue weighted by molar-refractivity contribution is -0.275. The molecule has 2 aromatic carbocycles. The average molecular weight is 534 g/mol. The minimum atomic E-state index is -5.09. The number of aliphatic hydroxyl groups excluding tert-OH is 1. The molecule has 9 nitrogen and oxygen atoms in total. The molecule has 0 amide bonds. The smallest absolute Gasteiger partial charge is 0.452 e. The molecule has 1 heterocycles. The van der Waals surface area contributed by atoms with Crippen LogP contribution >= 0.6 is 11.6 Å². The van der Waals surface area contributed by atoms with Crippen LogP contribution in [0.3, 0.4) is 0 Å². The van der Waals surface area contributed by atoms with Gasteiger partial charge in [0.15, 0.2) is 17.4 Å². The molecular weight excluding hydrogens is 510 g/mol. The Balaban J connectivity index is 1.90. The van der Waals surface area contributed by atoms with Gasteiger partial charge in [0.25, 0.3) is 6.35 Å².